The summed E-state index contributed by atoms with van der Waals surface area (Å²) in [7, 11) is -0.207. The van der Waals surface area contributed by atoms with Gasteiger partial charge < -0.3 is 18.6 Å². The number of methoxy groups -OCH3 is 1. The molecule has 5 nitrogen and oxygen atoms in total. The second-order valence-corrected chi connectivity index (χ2v) is 12.3. The normalized spacial score (nSPS) is 15.5. The van der Waals surface area contributed by atoms with E-state index < -0.39 is 8.32 Å². The van der Waals surface area contributed by atoms with Gasteiger partial charge in [0.05, 0.1) is 12.7 Å². The van der Waals surface area contributed by atoms with Crippen LogP contribution in [0.5, 0.6) is 0 Å². The van der Waals surface area contributed by atoms with Crippen molar-refractivity contribution in [3.63, 3.8) is 0 Å². The Morgan fingerprint density at radius 3 is 2.38 bits per heavy atom. The molecule has 0 amide bonds. The highest BCUT2D eigenvalue weighted by Crippen LogP contribution is 2.37. The van der Waals surface area contributed by atoms with E-state index in [1.54, 1.807) is 20.1 Å². The summed E-state index contributed by atoms with van der Waals surface area (Å²) < 4.78 is 22.0. The van der Waals surface area contributed by atoms with E-state index in [0.717, 1.165) is 6.42 Å². The minimum absolute atomic E-state index is 0.0598. The molecular weight excluding hydrogens is 324 g/mol. The quantitative estimate of drug-likeness (QED) is 0.238. The number of carbonyl (C=O) groups is 1. The van der Waals surface area contributed by atoms with Crippen LogP contribution < -0.4 is 0 Å². The molecule has 0 radical (unpaired) electrons. The lowest BCUT2D eigenvalue weighted by atomic mass is 10.1. The van der Waals surface area contributed by atoms with Gasteiger partial charge in [0, 0.05) is 19.3 Å². The van der Waals surface area contributed by atoms with Gasteiger partial charge in [0.2, 0.25) is 0 Å². The van der Waals surface area contributed by atoms with Gasteiger partial charge in [-0.1, -0.05) is 26.8 Å². The molecule has 24 heavy (non-hydrogen) atoms. The summed E-state index contributed by atoms with van der Waals surface area (Å²) in [6.45, 7) is 15.7. The Kier molecular flexibility index (Phi) is 10.7. The summed E-state index contributed by atoms with van der Waals surface area (Å²) in [5.74, 6) is -0.325. The van der Waals surface area contributed by atoms with Crippen molar-refractivity contribution in [2.75, 3.05) is 20.5 Å². The zero-order chi connectivity index (χ0) is 18.8. The Balaban J connectivity index is 4.63. The van der Waals surface area contributed by atoms with Gasteiger partial charge in [0.25, 0.3) is 0 Å². The van der Waals surface area contributed by atoms with Gasteiger partial charge in [-0.05, 0) is 44.8 Å². The molecule has 0 spiro atoms. The molecule has 0 aromatic rings. The second-order valence-electron chi connectivity index (χ2n) is 7.51. The average Bonchev–Trinajstić information content (AvgIpc) is 2.42. The molecule has 0 rings (SSSR count). The largest absolute Gasteiger partial charge is 0.463 e. The van der Waals surface area contributed by atoms with Crippen molar-refractivity contribution in [1.82, 2.24) is 0 Å². The zero-order valence-electron chi connectivity index (χ0n) is 16.7. The van der Waals surface area contributed by atoms with Crippen molar-refractivity contribution >= 4 is 14.3 Å². The van der Waals surface area contributed by atoms with Crippen LogP contribution in [0.1, 0.15) is 47.5 Å². The maximum absolute atomic E-state index is 11.4. The second kappa shape index (κ2) is 11.0. The predicted octanol–water partition coefficient (Wildman–Crippen LogP) is 4.29. The van der Waals surface area contributed by atoms with Gasteiger partial charge in [-0.25, -0.2) is 4.79 Å². The van der Waals surface area contributed by atoms with Crippen LogP contribution in [-0.4, -0.2) is 47.0 Å². The summed E-state index contributed by atoms with van der Waals surface area (Å²) in [6.07, 6.45) is 4.64. The topological polar surface area (TPSA) is 54.0 Å². The van der Waals surface area contributed by atoms with Crippen molar-refractivity contribution in [2.45, 2.75) is 77.8 Å². The van der Waals surface area contributed by atoms with Gasteiger partial charge in [-0.3, -0.25) is 0 Å². The number of ether oxygens (including phenoxy) is 3. The highest BCUT2D eigenvalue weighted by atomic mass is 28.4. The lowest BCUT2D eigenvalue weighted by Crippen LogP contribution is -2.44. The van der Waals surface area contributed by atoms with Crippen LogP contribution in [0.4, 0.5) is 0 Å². The molecule has 0 bridgehead atoms. The molecule has 2 atom stereocenters. The number of carbonyl (C=O) groups excluding carboxylic acids is 1. The third-order valence-corrected chi connectivity index (χ3v) is 8.86. The standard InChI is InChI=1S/C18H36O5Si/c1-9-21-17(19)12-10-11-16(22-14-20-6)13-15(2)23-24(7,8)18(3,4)5/h10,12,15-16H,9,11,13-14H2,1-8H3/b12-10+/t15-,16-/m0/s1. The molecule has 0 saturated carbocycles. The van der Waals surface area contributed by atoms with Gasteiger partial charge >= 0.3 is 5.97 Å². The molecule has 0 fully saturated rings. The highest BCUT2D eigenvalue weighted by molar-refractivity contribution is 6.74. The fourth-order valence-electron chi connectivity index (χ4n) is 2.00. The average molecular weight is 361 g/mol. The lowest BCUT2D eigenvalue weighted by Gasteiger charge is -2.39. The van der Waals surface area contributed by atoms with E-state index in [4.69, 9.17) is 18.6 Å². The van der Waals surface area contributed by atoms with Gasteiger partial charge in [0.1, 0.15) is 6.79 Å². The Morgan fingerprint density at radius 1 is 1.25 bits per heavy atom. The van der Waals surface area contributed by atoms with Crippen molar-refractivity contribution in [1.29, 1.82) is 0 Å². The first kappa shape index (κ1) is 23.3. The molecule has 0 N–H and O–H groups in total. The summed E-state index contributed by atoms with van der Waals surface area (Å²) in [6, 6.07) is 0. The third-order valence-electron chi connectivity index (χ3n) is 4.26. The van der Waals surface area contributed by atoms with Crippen LogP contribution in [0.2, 0.25) is 18.1 Å². The molecule has 142 valence electrons. The van der Waals surface area contributed by atoms with Crippen LogP contribution in [0.25, 0.3) is 0 Å². The number of rotatable bonds is 11. The Bertz CT molecular complexity index is 387. The van der Waals surface area contributed by atoms with E-state index in [0.29, 0.717) is 13.0 Å². The molecule has 0 aromatic carbocycles. The van der Waals surface area contributed by atoms with Crippen LogP contribution in [0.3, 0.4) is 0 Å². The van der Waals surface area contributed by atoms with Crippen LogP contribution in [0.15, 0.2) is 12.2 Å². The molecule has 0 heterocycles. The molecule has 0 aliphatic rings. The molecular formula is C18H36O5Si. The maximum atomic E-state index is 11.4. The van der Waals surface area contributed by atoms with Crippen LogP contribution >= 0.6 is 0 Å². The summed E-state index contributed by atoms with van der Waals surface area (Å²) in [5.41, 5.74) is 0. The predicted molar refractivity (Wildman–Crippen MR) is 99.5 cm³/mol. The Morgan fingerprint density at radius 2 is 1.88 bits per heavy atom. The molecule has 0 aromatic heterocycles. The maximum Gasteiger partial charge on any atom is 0.330 e. The monoisotopic (exact) mass is 360 g/mol. The van der Waals surface area contributed by atoms with Crippen molar-refractivity contribution in [2.24, 2.45) is 0 Å². The molecule has 0 aliphatic carbocycles. The zero-order valence-corrected chi connectivity index (χ0v) is 17.7. The van der Waals surface area contributed by atoms with E-state index in [-0.39, 0.29) is 30.0 Å². The summed E-state index contributed by atoms with van der Waals surface area (Å²) in [5, 5.41) is 0.175. The highest BCUT2D eigenvalue weighted by Gasteiger charge is 2.38. The first-order valence-electron chi connectivity index (χ1n) is 8.65. The molecule has 0 aliphatic heterocycles. The van der Waals surface area contributed by atoms with Crippen LogP contribution in [-0.2, 0) is 23.4 Å². The summed E-state index contributed by atoms with van der Waals surface area (Å²) >= 11 is 0. The minimum atomic E-state index is -1.80. The van der Waals surface area contributed by atoms with Crippen molar-refractivity contribution in [3.05, 3.63) is 12.2 Å². The minimum Gasteiger partial charge on any atom is -0.463 e. The fraction of sp³-hybridized carbons (Fsp3) is 0.833. The smallest absolute Gasteiger partial charge is 0.330 e. The third kappa shape index (κ3) is 9.57. The van der Waals surface area contributed by atoms with E-state index in [2.05, 4.69) is 40.8 Å². The number of hydrogen-bond donors (Lipinski definition) is 0. The van der Waals surface area contributed by atoms with E-state index in [1.807, 2.05) is 0 Å². The van der Waals surface area contributed by atoms with Gasteiger partial charge in [-0.15, -0.1) is 0 Å². The molecule has 0 unspecified atom stereocenters. The van der Waals surface area contributed by atoms with Crippen LogP contribution in [0, 0.1) is 0 Å². The van der Waals surface area contributed by atoms with Crippen molar-refractivity contribution in [3.8, 4) is 0 Å². The Hall–Kier alpha value is -0.693. The molecule has 0 saturated heterocycles. The van der Waals surface area contributed by atoms with E-state index in [9.17, 15) is 4.79 Å². The SMILES string of the molecule is CCOC(=O)/C=C/C[C@@H](C[C@H](C)O[Si](C)(C)C(C)(C)C)OCOC. The van der Waals surface area contributed by atoms with Gasteiger partial charge in [-0.2, -0.15) is 0 Å². The number of hydrogen-bond acceptors (Lipinski definition) is 5. The Labute approximate surface area is 148 Å². The lowest BCUT2D eigenvalue weighted by molar-refractivity contribution is -0.137. The summed E-state index contributed by atoms with van der Waals surface area (Å²) in [4.78, 5) is 11.4. The molecule has 6 heteroatoms. The fourth-order valence-corrected chi connectivity index (χ4v) is 3.46. The number of esters is 1. The van der Waals surface area contributed by atoms with E-state index in [1.165, 1.54) is 6.08 Å². The first-order chi connectivity index (χ1) is 11.0. The van der Waals surface area contributed by atoms with Gasteiger partial charge in [0.15, 0.2) is 8.32 Å². The van der Waals surface area contributed by atoms with E-state index >= 15 is 0 Å². The first-order valence-corrected chi connectivity index (χ1v) is 11.6. The van der Waals surface area contributed by atoms with Crippen molar-refractivity contribution < 1.29 is 23.4 Å².